The van der Waals surface area contributed by atoms with Crippen molar-refractivity contribution >= 4 is 56.5 Å². The van der Waals surface area contributed by atoms with Crippen LogP contribution < -0.4 is 9.04 Å². The van der Waals surface area contributed by atoms with Crippen LogP contribution in [0.2, 0.25) is 10.2 Å². The first-order chi connectivity index (χ1) is 17.8. The molecule has 1 aromatic carbocycles. The molecule has 1 amide bonds. The third kappa shape index (κ3) is 5.75. The first-order valence-corrected chi connectivity index (χ1v) is 13.9. The Bertz CT molecular complexity index is 1600. The van der Waals surface area contributed by atoms with Crippen LogP contribution in [0.15, 0.2) is 52.3 Å². The summed E-state index contributed by atoms with van der Waals surface area (Å²) in [5.41, 5.74) is 1.13. The quantitative estimate of drug-likeness (QED) is 0.237. The Morgan fingerprint density at radius 3 is 2.50 bits per heavy atom. The highest BCUT2D eigenvalue weighted by Crippen LogP contribution is 2.38. The van der Waals surface area contributed by atoms with E-state index in [0.717, 1.165) is 23.5 Å². The Morgan fingerprint density at radius 1 is 1.16 bits per heavy atom. The molecule has 4 rings (SSSR count). The van der Waals surface area contributed by atoms with Crippen molar-refractivity contribution in [2.45, 2.75) is 31.3 Å². The summed E-state index contributed by atoms with van der Waals surface area (Å²) in [4.78, 5) is 20.1. The van der Waals surface area contributed by atoms with Gasteiger partial charge in [0.1, 0.15) is 32.9 Å². The number of thiazole rings is 1. The van der Waals surface area contributed by atoms with Gasteiger partial charge in [-0.3, -0.25) is 4.68 Å². The molecule has 0 saturated heterocycles. The fourth-order valence-corrected chi connectivity index (χ4v) is 5.57. The Morgan fingerprint density at radius 2 is 1.89 bits per heavy atom. The van der Waals surface area contributed by atoms with Crippen LogP contribution in [-0.4, -0.2) is 39.9 Å². The molecule has 3 aromatic heterocycles. The summed E-state index contributed by atoms with van der Waals surface area (Å²) < 4.78 is 55.3. The zero-order valence-electron chi connectivity index (χ0n) is 20.3. The van der Waals surface area contributed by atoms with Crippen molar-refractivity contribution in [2.75, 3.05) is 4.31 Å². The van der Waals surface area contributed by atoms with Crippen LogP contribution in [0.4, 0.5) is 15.0 Å². The Balaban J connectivity index is 1.75. The molecule has 3 heterocycles. The maximum absolute atomic E-state index is 15.4. The van der Waals surface area contributed by atoms with Gasteiger partial charge in [-0.2, -0.15) is 5.10 Å². The molecule has 10 nitrogen and oxygen atoms in total. The van der Waals surface area contributed by atoms with Gasteiger partial charge in [-0.25, -0.2) is 27.6 Å². The third-order valence-corrected chi connectivity index (χ3v) is 7.56. The topological polar surface area (TPSA) is 117 Å². The molecule has 0 bridgehead atoms. The number of ether oxygens (including phenoxy) is 2. The van der Waals surface area contributed by atoms with Gasteiger partial charge in [-0.15, -0.1) is 15.6 Å². The lowest BCUT2D eigenvalue weighted by atomic mass is 10.2. The van der Waals surface area contributed by atoms with E-state index in [4.69, 9.17) is 32.7 Å². The highest BCUT2D eigenvalue weighted by molar-refractivity contribution is 7.93. The molecule has 0 spiro atoms. The van der Waals surface area contributed by atoms with Crippen LogP contribution in [0.1, 0.15) is 20.8 Å². The van der Waals surface area contributed by atoms with E-state index in [-0.39, 0.29) is 31.8 Å². The Hall–Kier alpha value is -3.26. The molecule has 0 aliphatic rings. The van der Waals surface area contributed by atoms with Crippen molar-refractivity contribution in [3.63, 3.8) is 0 Å². The van der Waals surface area contributed by atoms with Gasteiger partial charge in [-0.05, 0) is 45.0 Å². The fraction of sp³-hybridized carbons (Fsp3) is 0.217. The van der Waals surface area contributed by atoms with Crippen LogP contribution in [0.3, 0.4) is 0 Å². The second kappa shape index (κ2) is 10.5. The normalized spacial score (nSPS) is 11.9. The summed E-state index contributed by atoms with van der Waals surface area (Å²) in [7, 11) is -3.16. The summed E-state index contributed by atoms with van der Waals surface area (Å²) >= 11 is 13.4. The smallest absolute Gasteiger partial charge is 0.430 e. The standard InChI is InChI=1S/C23H20Cl2FN5O5S2/c1-23(2,3)36-22(32)31(20-11-37-12-27-20)38(33,34)18-9-13(24)17(10-14(18)26)35-16-5-6-19(25)29-21(16)15-7-8-28-30(15)4/h5-12H,1-4H3. The first-order valence-electron chi connectivity index (χ1n) is 10.8. The van der Waals surface area contributed by atoms with E-state index in [1.165, 1.54) is 27.7 Å². The van der Waals surface area contributed by atoms with Crippen molar-refractivity contribution in [1.82, 2.24) is 19.7 Å². The van der Waals surface area contributed by atoms with Crippen molar-refractivity contribution in [1.29, 1.82) is 0 Å². The Kier molecular flexibility index (Phi) is 7.66. The number of amides is 1. The Labute approximate surface area is 231 Å². The highest BCUT2D eigenvalue weighted by Gasteiger charge is 2.38. The number of anilines is 1. The maximum Gasteiger partial charge on any atom is 0.430 e. The summed E-state index contributed by atoms with van der Waals surface area (Å²) in [5.74, 6) is -1.52. The highest BCUT2D eigenvalue weighted by atomic mass is 35.5. The van der Waals surface area contributed by atoms with E-state index < -0.39 is 32.4 Å². The molecule has 15 heteroatoms. The van der Waals surface area contributed by atoms with Crippen LogP contribution in [0.25, 0.3) is 11.4 Å². The van der Waals surface area contributed by atoms with E-state index >= 15 is 4.39 Å². The molecule has 4 aromatic rings. The van der Waals surface area contributed by atoms with Crippen LogP contribution in [0.5, 0.6) is 11.5 Å². The molecule has 0 unspecified atom stereocenters. The first kappa shape index (κ1) is 27.8. The molecule has 0 radical (unpaired) electrons. The number of hydrogen-bond acceptors (Lipinski definition) is 9. The van der Waals surface area contributed by atoms with E-state index in [9.17, 15) is 13.2 Å². The third-order valence-electron chi connectivity index (χ3n) is 4.80. The monoisotopic (exact) mass is 599 g/mol. The predicted molar refractivity (Wildman–Crippen MR) is 141 cm³/mol. The molecule has 200 valence electrons. The summed E-state index contributed by atoms with van der Waals surface area (Å²) in [6.07, 6.45) is 0.291. The number of halogens is 3. The largest absolute Gasteiger partial charge is 0.453 e. The lowest BCUT2D eigenvalue weighted by Crippen LogP contribution is -2.41. The molecule has 38 heavy (non-hydrogen) atoms. The lowest BCUT2D eigenvalue weighted by molar-refractivity contribution is 0.0608. The molecule has 0 aliphatic heterocycles. The minimum atomic E-state index is -4.85. The van der Waals surface area contributed by atoms with Crippen molar-refractivity contribution in [2.24, 2.45) is 7.05 Å². The number of aryl methyl sites for hydroxylation is 1. The fourth-order valence-electron chi connectivity index (χ4n) is 3.22. The van der Waals surface area contributed by atoms with E-state index in [2.05, 4.69) is 15.1 Å². The van der Waals surface area contributed by atoms with Crippen molar-refractivity contribution < 1.29 is 27.1 Å². The maximum atomic E-state index is 15.4. The second-order valence-electron chi connectivity index (χ2n) is 8.73. The van der Waals surface area contributed by atoms with E-state index in [1.54, 1.807) is 40.1 Å². The van der Waals surface area contributed by atoms with Gasteiger partial charge in [0.05, 0.1) is 16.2 Å². The average Bonchev–Trinajstić information content (AvgIpc) is 3.47. The molecular formula is C23H20Cl2FN5O5S2. The number of nitrogens with zero attached hydrogens (tertiary/aromatic N) is 5. The molecule has 0 aliphatic carbocycles. The predicted octanol–water partition coefficient (Wildman–Crippen LogP) is 6.31. The van der Waals surface area contributed by atoms with Gasteiger partial charge in [0.25, 0.3) is 10.0 Å². The van der Waals surface area contributed by atoms with Gasteiger partial charge in [0.15, 0.2) is 11.6 Å². The van der Waals surface area contributed by atoms with Gasteiger partial charge in [-0.1, -0.05) is 23.2 Å². The molecule has 0 saturated carbocycles. The molecule has 0 fully saturated rings. The molecular weight excluding hydrogens is 580 g/mol. The number of sulfonamides is 1. The molecule has 0 atom stereocenters. The number of carbonyl (C=O) groups excluding carboxylic acids is 1. The van der Waals surface area contributed by atoms with Crippen molar-refractivity contribution in [3.05, 3.63) is 63.4 Å². The summed E-state index contributed by atoms with van der Waals surface area (Å²) in [6, 6.07) is 6.28. The zero-order valence-corrected chi connectivity index (χ0v) is 23.5. The van der Waals surface area contributed by atoms with Crippen LogP contribution in [0, 0.1) is 5.82 Å². The number of aromatic nitrogens is 4. The minimum Gasteiger partial charge on any atom is -0.453 e. The summed E-state index contributed by atoms with van der Waals surface area (Å²) in [6.45, 7) is 4.68. The number of carbonyl (C=O) groups is 1. The van der Waals surface area contributed by atoms with E-state index in [0.29, 0.717) is 11.4 Å². The number of hydrogen-bond donors (Lipinski definition) is 0. The lowest BCUT2D eigenvalue weighted by Gasteiger charge is -2.26. The van der Waals surface area contributed by atoms with Gasteiger partial charge in [0.2, 0.25) is 0 Å². The van der Waals surface area contributed by atoms with Gasteiger partial charge >= 0.3 is 6.09 Å². The molecule has 0 N–H and O–H groups in total. The van der Waals surface area contributed by atoms with Gasteiger partial charge < -0.3 is 9.47 Å². The second-order valence-corrected chi connectivity index (χ2v) is 12.0. The van der Waals surface area contributed by atoms with Crippen LogP contribution in [-0.2, 0) is 21.8 Å². The van der Waals surface area contributed by atoms with E-state index in [1.807, 2.05) is 0 Å². The van der Waals surface area contributed by atoms with Gasteiger partial charge in [0, 0.05) is 24.7 Å². The minimum absolute atomic E-state index is 0.160. The van der Waals surface area contributed by atoms with Crippen LogP contribution >= 0.6 is 34.5 Å². The average molecular weight is 600 g/mol. The zero-order chi connectivity index (χ0) is 27.8. The number of benzene rings is 1. The number of pyridine rings is 1. The number of rotatable bonds is 6. The SMILES string of the molecule is Cn1nccc1-c1nc(Cl)ccc1Oc1cc(F)c(S(=O)(=O)N(C(=O)OC(C)(C)C)c2cscn2)cc1Cl. The van der Waals surface area contributed by atoms with Crippen molar-refractivity contribution in [3.8, 4) is 22.9 Å². The summed E-state index contributed by atoms with van der Waals surface area (Å²) in [5, 5.41) is 5.33.